The van der Waals surface area contributed by atoms with Gasteiger partial charge in [-0.3, -0.25) is 0 Å². The van der Waals surface area contributed by atoms with E-state index in [4.69, 9.17) is 25.0 Å². The highest BCUT2D eigenvalue weighted by Gasteiger charge is 2.40. The molecule has 0 saturated carbocycles. The first-order chi connectivity index (χ1) is 22.2. The van der Waals surface area contributed by atoms with Gasteiger partial charge in [0.1, 0.15) is 23.3 Å². The maximum Gasteiger partial charge on any atom is 0.270 e. The standard InChI is InChI=1S/C36H10F4N6/c1-44-20-12-27(39)32(28(40)13-20)19-5-7-22-24(11-19)36-33(29(15-42)45-2)21-6-4-18(31-25(37)8-17(14-41)9-26(31)38)10-23(21)35(36)34(22)30(16-43)46-3/h4-13H/b33-29-,34-30+. The minimum absolute atomic E-state index is 0.0361. The Labute approximate surface area is 259 Å². The molecule has 0 bridgehead atoms. The quantitative estimate of drug-likeness (QED) is 0.130. The minimum atomic E-state index is -1.01. The number of halogens is 4. The molecular weight excluding hydrogens is 592 g/mol. The summed E-state index contributed by atoms with van der Waals surface area (Å²) in [5, 5.41) is 29.0. The summed E-state index contributed by atoms with van der Waals surface area (Å²) in [6.45, 7) is 22.5. The van der Waals surface area contributed by atoms with E-state index in [1.54, 1.807) is 6.07 Å². The third-order valence-corrected chi connectivity index (χ3v) is 7.68. The van der Waals surface area contributed by atoms with E-state index in [-0.39, 0.29) is 67.2 Å². The van der Waals surface area contributed by atoms with Gasteiger partial charge in [-0.2, -0.15) is 5.26 Å². The van der Waals surface area contributed by atoms with Crippen LogP contribution in [0.2, 0.25) is 0 Å². The number of rotatable bonds is 2. The fourth-order valence-electron chi connectivity index (χ4n) is 5.89. The van der Waals surface area contributed by atoms with Gasteiger partial charge >= 0.3 is 0 Å². The van der Waals surface area contributed by atoms with Gasteiger partial charge in [0.25, 0.3) is 11.4 Å². The Hall–Kier alpha value is -7.24. The average molecular weight is 603 g/mol. The fraction of sp³-hybridized carbons (Fsp3) is 0. The molecule has 0 N–H and O–H groups in total. The highest BCUT2D eigenvalue weighted by molar-refractivity contribution is 6.37. The lowest BCUT2D eigenvalue weighted by atomic mass is 9.88. The molecule has 0 aromatic heterocycles. The van der Waals surface area contributed by atoms with E-state index in [0.29, 0.717) is 11.1 Å². The summed E-state index contributed by atoms with van der Waals surface area (Å²) in [5.41, 5.74) is -0.264. The number of benzene rings is 4. The zero-order valence-electron chi connectivity index (χ0n) is 23.0. The summed E-state index contributed by atoms with van der Waals surface area (Å²) in [7, 11) is 0. The van der Waals surface area contributed by atoms with E-state index in [9.17, 15) is 10.5 Å². The molecule has 46 heavy (non-hydrogen) atoms. The Morgan fingerprint density at radius 2 is 0.978 bits per heavy atom. The van der Waals surface area contributed by atoms with Crippen molar-refractivity contribution in [2.24, 2.45) is 0 Å². The molecule has 10 heteroatoms. The molecule has 2 aliphatic rings. The van der Waals surface area contributed by atoms with E-state index in [1.807, 2.05) is 12.1 Å². The first kappa shape index (κ1) is 28.9. The monoisotopic (exact) mass is 602 g/mol. The van der Waals surface area contributed by atoms with Gasteiger partial charge in [0.15, 0.2) is 5.69 Å². The number of hydrogen-bond donors (Lipinski definition) is 0. The molecule has 0 unspecified atom stereocenters. The van der Waals surface area contributed by atoms with Gasteiger partial charge in [-0.15, -0.1) is 0 Å². The van der Waals surface area contributed by atoms with E-state index < -0.39 is 34.4 Å². The Morgan fingerprint density at radius 3 is 1.33 bits per heavy atom. The predicted octanol–water partition coefficient (Wildman–Crippen LogP) is 9.25. The Balaban J connectivity index is 1.71. The van der Waals surface area contributed by atoms with Crippen molar-refractivity contribution in [1.82, 2.24) is 0 Å². The van der Waals surface area contributed by atoms with Crippen LogP contribution < -0.4 is 0 Å². The summed E-state index contributed by atoms with van der Waals surface area (Å²) in [6.07, 6.45) is 0. The number of nitrogens with zero attached hydrogens (tertiary/aromatic N) is 6. The molecule has 4 aromatic rings. The summed E-state index contributed by atoms with van der Waals surface area (Å²) in [4.78, 5) is 9.83. The van der Waals surface area contributed by atoms with Crippen molar-refractivity contribution in [1.29, 1.82) is 15.8 Å². The maximum atomic E-state index is 15.1. The zero-order valence-corrected chi connectivity index (χ0v) is 23.0. The van der Waals surface area contributed by atoms with Gasteiger partial charge in [0.05, 0.1) is 54.6 Å². The van der Waals surface area contributed by atoms with Crippen molar-refractivity contribution in [3.63, 3.8) is 0 Å². The maximum absolute atomic E-state index is 15.1. The van der Waals surface area contributed by atoms with Crippen molar-refractivity contribution < 1.29 is 17.6 Å². The second-order valence-electron chi connectivity index (χ2n) is 9.99. The highest BCUT2D eigenvalue weighted by Crippen LogP contribution is 2.60. The number of nitriles is 3. The molecule has 0 amide bonds. The molecule has 0 heterocycles. The number of hydrogen-bond acceptors (Lipinski definition) is 3. The average Bonchev–Trinajstić information content (AvgIpc) is 3.54. The van der Waals surface area contributed by atoms with Crippen LogP contribution in [0.1, 0.15) is 27.8 Å². The largest absolute Gasteiger partial charge is 0.270 e. The summed E-state index contributed by atoms with van der Waals surface area (Å²) in [6, 6.07) is 17.4. The van der Waals surface area contributed by atoms with E-state index in [1.165, 1.54) is 36.4 Å². The molecule has 212 valence electrons. The van der Waals surface area contributed by atoms with Crippen LogP contribution in [0.15, 0.2) is 72.1 Å². The lowest BCUT2D eigenvalue weighted by molar-refractivity contribution is 0.588. The van der Waals surface area contributed by atoms with Crippen LogP contribution in [0.25, 0.3) is 59.1 Å². The van der Waals surface area contributed by atoms with Gasteiger partial charge in [0, 0.05) is 11.1 Å². The predicted molar refractivity (Wildman–Crippen MR) is 160 cm³/mol. The first-order valence-corrected chi connectivity index (χ1v) is 13.1. The van der Waals surface area contributed by atoms with Gasteiger partial charge in [-0.1, -0.05) is 24.3 Å². The third-order valence-electron chi connectivity index (χ3n) is 7.68. The lowest BCUT2D eigenvalue weighted by Gasteiger charge is -2.16. The molecule has 6 rings (SSSR count). The van der Waals surface area contributed by atoms with Gasteiger partial charge in [0.2, 0.25) is 0 Å². The van der Waals surface area contributed by atoms with Crippen LogP contribution in [0.3, 0.4) is 0 Å². The van der Waals surface area contributed by atoms with Crippen molar-refractivity contribution in [3.05, 3.63) is 157 Å². The molecular formula is C36H10F4N6. The van der Waals surface area contributed by atoms with E-state index >= 15 is 17.6 Å². The molecule has 2 aliphatic carbocycles. The number of allylic oxidation sites excluding steroid dienone is 6. The van der Waals surface area contributed by atoms with Crippen LogP contribution in [0.4, 0.5) is 23.2 Å². The molecule has 0 radical (unpaired) electrons. The molecule has 0 spiro atoms. The van der Waals surface area contributed by atoms with Crippen LogP contribution >= 0.6 is 0 Å². The Kier molecular flexibility index (Phi) is 6.77. The molecule has 0 fully saturated rings. The smallest absolute Gasteiger partial charge is 0.238 e. The van der Waals surface area contributed by atoms with Crippen molar-refractivity contribution in [3.8, 4) is 40.5 Å². The topological polar surface area (TPSA) is 84.4 Å². The van der Waals surface area contributed by atoms with E-state index in [0.717, 1.165) is 24.3 Å². The fourth-order valence-corrected chi connectivity index (χ4v) is 5.89. The molecule has 0 saturated heterocycles. The minimum Gasteiger partial charge on any atom is -0.238 e. The SMILES string of the molecule is [C-]#[N+]/C(C#N)=C1C2=C(/C(=C(\C#N)[N+]#[C-])c3ccc(-c4c(F)cc([N+]#[C-])cc4F)cc32)c2cc(-c3c(F)cc(C#N)cc3F)ccc2\1. The molecule has 0 atom stereocenters. The zero-order chi connectivity index (χ0) is 32.9. The van der Waals surface area contributed by atoms with Crippen LogP contribution in [-0.4, -0.2) is 0 Å². The lowest BCUT2D eigenvalue weighted by Crippen LogP contribution is -1.98. The number of fused-ring (bicyclic) bond motifs is 4. The van der Waals surface area contributed by atoms with Gasteiger partial charge in [-0.05, 0) is 80.9 Å². The molecule has 4 aromatic carbocycles. The summed E-state index contributed by atoms with van der Waals surface area (Å²) >= 11 is 0. The van der Waals surface area contributed by atoms with Crippen LogP contribution in [0, 0.1) is 77.0 Å². The molecule has 0 aliphatic heterocycles. The van der Waals surface area contributed by atoms with Gasteiger partial charge < -0.3 is 0 Å². The Morgan fingerprint density at radius 1 is 0.565 bits per heavy atom. The second-order valence-corrected chi connectivity index (χ2v) is 9.99. The van der Waals surface area contributed by atoms with Gasteiger partial charge in [-0.25, -0.2) is 42.6 Å². The first-order valence-electron chi connectivity index (χ1n) is 13.1. The van der Waals surface area contributed by atoms with Crippen LogP contribution in [-0.2, 0) is 0 Å². The van der Waals surface area contributed by atoms with E-state index in [2.05, 4.69) is 14.5 Å². The highest BCUT2D eigenvalue weighted by atomic mass is 19.1. The molecule has 6 nitrogen and oxygen atoms in total. The van der Waals surface area contributed by atoms with Crippen molar-refractivity contribution in [2.75, 3.05) is 0 Å². The third kappa shape index (κ3) is 4.12. The van der Waals surface area contributed by atoms with Crippen molar-refractivity contribution in [2.45, 2.75) is 0 Å². The normalized spacial score (nSPS) is 14.4. The second kappa shape index (κ2) is 10.8. The summed E-state index contributed by atoms with van der Waals surface area (Å²) in [5.74, 6) is -4.04. The Bertz CT molecular complexity index is 2230. The van der Waals surface area contributed by atoms with Crippen molar-refractivity contribution >= 4 is 28.0 Å². The summed E-state index contributed by atoms with van der Waals surface area (Å²) < 4.78 is 60.4. The van der Waals surface area contributed by atoms with Crippen LogP contribution in [0.5, 0.6) is 0 Å².